The Kier molecular flexibility index (Phi) is 7.06. The summed E-state index contributed by atoms with van der Waals surface area (Å²) in [4.78, 5) is 31.4. The maximum Gasteiger partial charge on any atom is 0.329 e. The van der Waals surface area contributed by atoms with Gasteiger partial charge in [0.05, 0.1) is 19.4 Å². The molecule has 4 rings (SSSR count). The third-order valence-corrected chi connectivity index (χ3v) is 5.51. The Morgan fingerprint density at radius 1 is 1.14 bits per heavy atom. The minimum atomic E-state index is -1.02. The maximum atomic E-state index is 12.7. The van der Waals surface area contributed by atoms with Crippen molar-refractivity contribution in [2.45, 2.75) is 19.6 Å². The number of phenolic OH excluding ortho intramolecular Hbond substituents is 1. The number of phenols is 1. The van der Waals surface area contributed by atoms with Crippen molar-refractivity contribution < 1.29 is 19.7 Å². The number of H-pyrrole nitrogens is 1. The largest absolute Gasteiger partial charge is 0.508 e. The van der Waals surface area contributed by atoms with Crippen LogP contribution in [0.1, 0.15) is 12.5 Å². The van der Waals surface area contributed by atoms with Crippen molar-refractivity contribution in [3.05, 3.63) is 74.9 Å². The molecule has 12 heteroatoms. The Morgan fingerprint density at radius 2 is 1.81 bits per heavy atom. The van der Waals surface area contributed by atoms with Crippen molar-refractivity contribution in [3.8, 4) is 17.2 Å². The summed E-state index contributed by atoms with van der Waals surface area (Å²) in [5, 5.41) is 24.5. The van der Waals surface area contributed by atoms with Crippen molar-refractivity contribution in [3.63, 3.8) is 0 Å². The van der Waals surface area contributed by atoms with Crippen molar-refractivity contribution in [2.75, 3.05) is 19.1 Å². The molecule has 0 aliphatic rings. The molecule has 0 unspecified atom stereocenters. The van der Waals surface area contributed by atoms with E-state index in [0.29, 0.717) is 17.2 Å². The average Bonchev–Trinajstić information content (AvgIpc) is 3.24. The normalized spacial score (nSPS) is 12.5. The van der Waals surface area contributed by atoms with E-state index < -0.39 is 17.4 Å². The Balaban J connectivity index is 1.62. The molecule has 0 spiro atoms. The smallest absolute Gasteiger partial charge is 0.329 e. The quantitative estimate of drug-likeness (QED) is 0.201. The number of methoxy groups -OCH3 is 1. The number of aromatic nitrogens is 4. The van der Waals surface area contributed by atoms with E-state index in [1.165, 1.54) is 28.3 Å². The first kappa shape index (κ1) is 24.5. The predicted molar refractivity (Wildman–Crippen MR) is 134 cm³/mol. The van der Waals surface area contributed by atoms with E-state index >= 15 is 0 Å². The summed E-state index contributed by atoms with van der Waals surface area (Å²) in [6.45, 7) is 1.63. The number of imidazole rings is 1. The van der Waals surface area contributed by atoms with Crippen LogP contribution in [0.2, 0.25) is 0 Å². The zero-order valence-corrected chi connectivity index (χ0v) is 19.9. The predicted octanol–water partition coefficient (Wildman–Crippen LogP) is 1.41. The molecule has 2 aromatic heterocycles. The summed E-state index contributed by atoms with van der Waals surface area (Å²) >= 11 is 0. The number of hydrogen-bond donors (Lipinski definition) is 4. The highest BCUT2D eigenvalue weighted by atomic mass is 16.5. The number of nitrogens with zero attached hydrogens (tertiary/aromatic N) is 4. The zero-order valence-electron chi connectivity index (χ0n) is 19.9. The lowest BCUT2D eigenvalue weighted by atomic mass is 10.1. The van der Waals surface area contributed by atoms with Crippen LogP contribution in [0.3, 0.4) is 0 Å². The highest BCUT2D eigenvalue weighted by Gasteiger charge is 2.20. The van der Waals surface area contributed by atoms with Crippen LogP contribution in [0.25, 0.3) is 11.2 Å². The van der Waals surface area contributed by atoms with E-state index in [4.69, 9.17) is 9.47 Å². The summed E-state index contributed by atoms with van der Waals surface area (Å²) < 4.78 is 13.4. The van der Waals surface area contributed by atoms with Gasteiger partial charge in [0.15, 0.2) is 11.2 Å². The van der Waals surface area contributed by atoms with Crippen LogP contribution in [0.5, 0.6) is 17.2 Å². The summed E-state index contributed by atoms with van der Waals surface area (Å²) in [7, 11) is 3.05. The van der Waals surface area contributed by atoms with Crippen LogP contribution in [-0.4, -0.2) is 54.8 Å². The zero-order chi connectivity index (χ0) is 25.8. The first-order valence-corrected chi connectivity index (χ1v) is 11.0. The Hall–Kier alpha value is -4.58. The molecule has 188 valence electrons. The maximum absolute atomic E-state index is 12.7. The lowest BCUT2D eigenvalue weighted by Gasteiger charge is -2.15. The average molecular weight is 495 g/mol. The fraction of sp³-hybridized carbons (Fsp3) is 0.250. The number of benzene rings is 2. The molecule has 0 saturated heterocycles. The van der Waals surface area contributed by atoms with Gasteiger partial charge in [-0.1, -0.05) is 0 Å². The van der Waals surface area contributed by atoms with E-state index in [1.807, 2.05) is 0 Å². The molecule has 0 bridgehead atoms. The van der Waals surface area contributed by atoms with Crippen LogP contribution >= 0.6 is 0 Å². The van der Waals surface area contributed by atoms with Gasteiger partial charge >= 0.3 is 5.69 Å². The SMILES string of the molecule is COc1ccc(OC[C@H](O)Cn2c(N/N=C(/C)c3ccc(O)cc3)nc3c2c(=O)[nH]c(=O)n3C)cc1. The molecular weight excluding hydrogens is 468 g/mol. The molecule has 4 aromatic rings. The fourth-order valence-electron chi connectivity index (χ4n) is 3.53. The monoisotopic (exact) mass is 494 g/mol. The van der Waals surface area contributed by atoms with E-state index in [2.05, 4.69) is 20.5 Å². The van der Waals surface area contributed by atoms with Gasteiger partial charge in [-0.05, 0) is 61.0 Å². The van der Waals surface area contributed by atoms with Crippen LogP contribution in [0.15, 0.2) is 63.2 Å². The van der Waals surface area contributed by atoms with Gasteiger partial charge in [-0.3, -0.25) is 14.3 Å². The van der Waals surface area contributed by atoms with E-state index in [0.717, 1.165) is 5.56 Å². The van der Waals surface area contributed by atoms with Gasteiger partial charge in [-0.2, -0.15) is 10.1 Å². The molecule has 36 heavy (non-hydrogen) atoms. The number of aliphatic hydroxyl groups is 1. The molecule has 0 radical (unpaired) electrons. The molecule has 2 aromatic carbocycles. The number of hydrazone groups is 1. The van der Waals surface area contributed by atoms with Crippen molar-refractivity contribution in [1.29, 1.82) is 0 Å². The molecule has 0 amide bonds. The number of rotatable bonds is 9. The molecular formula is C24H26N6O6. The summed E-state index contributed by atoms with van der Waals surface area (Å²) in [5.41, 5.74) is 3.13. The molecule has 2 heterocycles. The number of aromatic amines is 1. The van der Waals surface area contributed by atoms with E-state index in [-0.39, 0.29) is 36.0 Å². The summed E-state index contributed by atoms with van der Waals surface area (Å²) in [6, 6.07) is 13.4. The second-order valence-electron chi connectivity index (χ2n) is 8.03. The number of aromatic hydroxyl groups is 1. The first-order chi connectivity index (χ1) is 17.3. The van der Waals surface area contributed by atoms with Gasteiger partial charge in [-0.25, -0.2) is 10.2 Å². The second-order valence-corrected chi connectivity index (χ2v) is 8.03. The van der Waals surface area contributed by atoms with Gasteiger partial charge in [0, 0.05) is 7.05 Å². The van der Waals surface area contributed by atoms with E-state index in [9.17, 15) is 19.8 Å². The van der Waals surface area contributed by atoms with Gasteiger partial charge in [0.2, 0.25) is 5.95 Å². The van der Waals surface area contributed by atoms with Crippen molar-refractivity contribution >= 4 is 22.8 Å². The fourth-order valence-corrected chi connectivity index (χ4v) is 3.53. The molecule has 4 N–H and O–H groups in total. The van der Waals surface area contributed by atoms with E-state index in [1.54, 1.807) is 50.4 Å². The number of ether oxygens (including phenoxy) is 2. The van der Waals surface area contributed by atoms with Crippen LogP contribution in [0, 0.1) is 0 Å². The number of hydrogen-bond acceptors (Lipinski definition) is 9. The van der Waals surface area contributed by atoms with Crippen LogP contribution in [-0.2, 0) is 13.6 Å². The Morgan fingerprint density at radius 3 is 2.47 bits per heavy atom. The Labute approximate surface area is 205 Å². The topological polar surface area (TPSA) is 156 Å². The van der Waals surface area contributed by atoms with Gasteiger partial charge in [0.1, 0.15) is 30.0 Å². The second kappa shape index (κ2) is 10.4. The third kappa shape index (κ3) is 5.23. The molecule has 0 aliphatic carbocycles. The number of aryl methyl sites for hydroxylation is 1. The number of nitrogens with one attached hydrogen (secondary N) is 2. The lowest BCUT2D eigenvalue weighted by Crippen LogP contribution is -2.30. The standard InChI is InChI=1S/C24H26N6O6/c1-14(15-4-6-16(31)7-5-15)27-28-23-25-21-20(22(33)26-24(34)29(21)2)30(23)12-17(32)13-36-19-10-8-18(35-3)9-11-19/h4-11,17,31-32H,12-13H2,1-3H3,(H,25,28)(H,26,33,34)/b27-14-/t17-/m1/s1. The van der Waals surface area contributed by atoms with Crippen LogP contribution < -0.4 is 26.1 Å². The molecule has 0 aliphatic heterocycles. The number of anilines is 1. The number of aliphatic hydroxyl groups excluding tert-OH is 1. The Bertz CT molecular complexity index is 1500. The minimum Gasteiger partial charge on any atom is -0.508 e. The molecule has 0 fully saturated rings. The van der Waals surface area contributed by atoms with Crippen molar-refractivity contribution in [1.82, 2.24) is 19.1 Å². The third-order valence-electron chi connectivity index (χ3n) is 5.51. The van der Waals surface area contributed by atoms with Crippen molar-refractivity contribution in [2.24, 2.45) is 12.1 Å². The molecule has 12 nitrogen and oxygen atoms in total. The highest BCUT2D eigenvalue weighted by Crippen LogP contribution is 2.19. The van der Waals surface area contributed by atoms with Gasteiger partial charge < -0.3 is 24.3 Å². The molecule has 0 saturated carbocycles. The summed E-state index contributed by atoms with van der Waals surface area (Å²) in [6.07, 6.45) is -1.02. The number of fused-ring (bicyclic) bond motifs is 1. The van der Waals surface area contributed by atoms with Gasteiger partial charge in [-0.15, -0.1) is 0 Å². The summed E-state index contributed by atoms with van der Waals surface area (Å²) in [5.74, 6) is 1.50. The van der Waals surface area contributed by atoms with Crippen LogP contribution in [0.4, 0.5) is 5.95 Å². The molecule has 1 atom stereocenters. The minimum absolute atomic E-state index is 0.0646. The highest BCUT2D eigenvalue weighted by molar-refractivity contribution is 5.99. The van der Waals surface area contributed by atoms with Gasteiger partial charge in [0.25, 0.3) is 5.56 Å². The lowest BCUT2D eigenvalue weighted by molar-refractivity contribution is 0.0938. The first-order valence-electron chi connectivity index (χ1n) is 11.0.